The monoisotopic (exact) mass is 591 g/mol. The molecule has 240 valence electrons. The number of aromatic nitrogens is 3. The number of nitrogens with zero attached hydrogens (tertiary/aromatic N) is 3. The number of carbonyl (C=O) groups excluding carboxylic acids is 1. The molecule has 0 fully saturated rings. The molecule has 1 aromatic rings. The molecule has 1 aromatic heterocycles. The number of rotatable bonds is 28. The minimum atomic E-state index is -0.470. The van der Waals surface area contributed by atoms with Gasteiger partial charge in [-0.25, -0.2) is 4.68 Å². The van der Waals surface area contributed by atoms with Crippen molar-refractivity contribution in [1.82, 2.24) is 15.0 Å². The molecule has 0 aliphatic heterocycles. The molecule has 0 bridgehead atoms. The first-order valence-electron chi connectivity index (χ1n) is 14.5. The molecule has 0 atom stereocenters. The van der Waals surface area contributed by atoms with Crippen molar-refractivity contribution in [2.75, 3.05) is 106 Å². The van der Waals surface area contributed by atoms with Gasteiger partial charge in [-0.2, -0.15) is 0 Å². The lowest BCUT2D eigenvalue weighted by Gasteiger charge is -2.19. The van der Waals surface area contributed by atoms with Crippen molar-refractivity contribution in [2.45, 2.75) is 59.1 Å². The molecule has 1 heterocycles. The van der Waals surface area contributed by atoms with Crippen LogP contribution in [0.1, 0.15) is 52.7 Å². The van der Waals surface area contributed by atoms with Crippen molar-refractivity contribution < 1.29 is 47.4 Å². The fourth-order valence-electron chi connectivity index (χ4n) is 3.03. The summed E-state index contributed by atoms with van der Waals surface area (Å²) in [6.07, 6.45) is 2.19. The van der Waals surface area contributed by atoms with Crippen LogP contribution in [0, 0.1) is 0 Å². The van der Waals surface area contributed by atoms with Crippen LogP contribution in [0.3, 0.4) is 0 Å². The second kappa shape index (κ2) is 24.8. The van der Waals surface area contributed by atoms with Gasteiger partial charge in [0.1, 0.15) is 5.60 Å². The molecule has 0 aliphatic rings. The van der Waals surface area contributed by atoms with Gasteiger partial charge < -0.3 is 42.6 Å². The molecule has 0 saturated heterocycles. The van der Waals surface area contributed by atoms with Crippen LogP contribution < -0.4 is 0 Å². The van der Waals surface area contributed by atoms with Crippen LogP contribution in [0.5, 0.6) is 0 Å². The maximum atomic E-state index is 11.5. The fourth-order valence-corrected chi connectivity index (χ4v) is 3.03. The van der Waals surface area contributed by atoms with Gasteiger partial charge in [-0.3, -0.25) is 4.79 Å². The van der Waals surface area contributed by atoms with Crippen molar-refractivity contribution in [3.8, 4) is 0 Å². The summed E-state index contributed by atoms with van der Waals surface area (Å²) >= 11 is 0. The Labute approximate surface area is 245 Å². The molecule has 0 radical (unpaired) electrons. The van der Waals surface area contributed by atoms with E-state index in [4.69, 9.17) is 42.6 Å². The second-order valence-corrected chi connectivity index (χ2v) is 10.3. The van der Waals surface area contributed by atoms with Gasteiger partial charge in [0.15, 0.2) is 0 Å². The predicted octanol–water partition coefficient (Wildman–Crippen LogP) is 2.27. The molecule has 0 spiro atoms. The molecule has 13 nitrogen and oxygen atoms in total. The molecule has 0 N–H and O–H groups in total. The highest BCUT2D eigenvalue weighted by atomic mass is 16.6. The Kier molecular flexibility index (Phi) is 22.6. The Balaban J connectivity index is 1.69. The summed E-state index contributed by atoms with van der Waals surface area (Å²) in [7, 11) is 0. The maximum absolute atomic E-state index is 11.5. The van der Waals surface area contributed by atoms with E-state index in [1.807, 2.05) is 27.0 Å². The standard InChI is InChI=1S/C28H53N3O10/c1-25(2)26-24-31(30-29-26)7-9-34-11-13-36-15-17-38-19-21-40-23-22-39-20-18-37-16-14-35-12-10-33-8-6-27(32)41-28(3,4)5/h24-25H,6-23H2,1-5H3. The van der Waals surface area contributed by atoms with E-state index in [9.17, 15) is 4.79 Å². The Hall–Kier alpha value is -1.71. The zero-order chi connectivity index (χ0) is 30.0. The molecule has 0 unspecified atom stereocenters. The summed E-state index contributed by atoms with van der Waals surface area (Å²) in [4.78, 5) is 11.5. The van der Waals surface area contributed by atoms with E-state index >= 15 is 0 Å². The van der Waals surface area contributed by atoms with E-state index in [0.717, 1.165) is 5.69 Å². The van der Waals surface area contributed by atoms with Gasteiger partial charge in [0.25, 0.3) is 0 Å². The first-order chi connectivity index (χ1) is 19.8. The van der Waals surface area contributed by atoms with Gasteiger partial charge in [0, 0.05) is 6.20 Å². The highest BCUT2D eigenvalue weighted by Crippen LogP contribution is 2.09. The first-order valence-corrected chi connectivity index (χ1v) is 14.5. The Morgan fingerprint density at radius 2 is 1.02 bits per heavy atom. The number of esters is 1. The predicted molar refractivity (Wildman–Crippen MR) is 151 cm³/mol. The summed E-state index contributed by atoms with van der Waals surface area (Å²) in [6.45, 7) is 18.2. The topological polar surface area (TPSA) is 131 Å². The summed E-state index contributed by atoms with van der Waals surface area (Å²) in [5, 5.41) is 8.20. The molecular weight excluding hydrogens is 538 g/mol. The lowest BCUT2D eigenvalue weighted by molar-refractivity contribution is -0.156. The Morgan fingerprint density at radius 3 is 1.37 bits per heavy atom. The third-order valence-electron chi connectivity index (χ3n) is 5.09. The highest BCUT2D eigenvalue weighted by molar-refractivity contribution is 5.69. The van der Waals surface area contributed by atoms with Gasteiger partial charge in [-0.15, -0.1) is 5.10 Å². The highest BCUT2D eigenvalue weighted by Gasteiger charge is 2.15. The van der Waals surface area contributed by atoms with E-state index < -0.39 is 5.60 Å². The summed E-state index contributed by atoms with van der Waals surface area (Å²) in [5.74, 6) is 0.112. The summed E-state index contributed by atoms with van der Waals surface area (Å²) in [6, 6.07) is 0. The van der Waals surface area contributed by atoms with Crippen LogP contribution in [0.15, 0.2) is 6.20 Å². The van der Waals surface area contributed by atoms with Gasteiger partial charge in [0.05, 0.1) is 124 Å². The van der Waals surface area contributed by atoms with Crippen LogP contribution in [0.25, 0.3) is 0 Å². The molecular formula is C28H53N3O10. The zero-order valence-corrected chi connectivity index (χ0v) is 25.8. The molecule has 41 heavy (non-hydrogen) atoms. The molecule has 0 saturated carbocycles. The normalized spacial score (nSPS) is 12.0. The SMILES string of the molecule is CC(C)c1cn(CCOCCOCCOCCOCCOCCOCCOCCOCCC(=O)OC(C)(C)C)nn1. The molecule has 13 heteroatoms. The van der Waals surface area contributed by atoms with Gasteiger partial charge in [-0.1, -0.05) is 19.1 Å². The maximum Gasteiger partial charge on any atom is 0.308 e. The van der Waals surface area contributed by atoms with Gasteiger partial charge in [0.2, 0.25) is 0 Å². The van der Waals surface area contributed by atoms with Crippen molar-refractivity contribution in [3.05, 3.63) is 11.9 Å². The van der Waals surface area contributed by atoms with E-state index in [-0.39, 0.29) is 12.4 Å². The molecule has 1 rings (SSSR count). The fraction of sp³-hybridized carbons (Fsp3) is 0.893. The molecule has 0 amide bonds. The minimum absolute atomic E-state index is 0.235. The van der Waals surface area contributed by atoms with E-state index in [2.05, 4.69) is 24.2 Å². The number of hydrogen-bond donors (Lipinski definition) is 0. The van der Waals surface area contributed by atoms with Crippen LogP contribution >= 0.6 is 0 Å². The first kappa shape index (κ1) is 37.3. The second-order valence-electron chi connectivity index (χ2n) is 10.3. The molecule has 0 aromatic carbocycles. The summed E-state index contributed by atoms with van der Waals surface area (Å²) in [5.41, 5.74) is 0.518. The largest absolute Gasteiger partial charge is 0.460 e. The van der Waals surface area contributed by atoms with Gasteiger partial charge >= 0.3 is 5.97 Å². The van der Waals surface area contributed by atoms with Gasteiger partial charge in [-0.05, 0) is 26.7 Å². The Morgan fingerprint density at radius 1 is 0.659 bits per heavy atom. The zero-order valence-electron chi connectivity index (χ0n) is 25.8. The van der Waals surface area contributed by atoms with E-state index in [0.29, 0.717) is 118 Å². The molecule has 0 aliphatic carbocycles. The van der Waals surface area contributed by atoms with Crippen LogP contribution in [0.4, 0.5) is 0 Å². The summed E-state index contributed by atoms with van der Waals surface area (Å²) < 4.78 is 50.7. The third-order valence-corrected chi connectivity index (χ3v) is 5.09. The van der Waals surface area contributed by atoms with Crippen molar-refractivity contribution in [1.29, 1.82) is 0 Å². The smallest absolute Gasteiger partial charge is 0.308 e. The van der Waals surface area contributed by atoms with Crippen LogP contribution in [-0.4, -0.2) is 132 Å². The average molecular weight is 592 g/mol. The third kappa shape index (κ3) is 24.6. The van der Waals surface area contributed by atoms with Crippen molar-refractivity contribution in [3.63, 3.8) is 0 Å². The Bertz CT molecular complexity index is 743. The van der Waals surface area contributed by atoms with Crippen LogP contribution in [0.2, 0.25) is 0 Å². The lowest BCUT2D eigenvalue weighted by Crippen LogP contribution is -2.24. The minimum Gasteiger partial charge on any atom is -0.460 e. The number of ether oxygens (including phenoxy) is 9. The van der Waals surface area contributed by atoms with E-state index in [1.165, 1.54) is 0 Å². The van der Waals surface area contributed by atoms with Crippen molar-refractivity contribution >= 4 is 5.97 Å². The number of carbonyl (C=O) groups is 1. The van der Waals surface area contributed by atoms with E-state index in [1.54, 1.807) is 4.68 Å². The van der Waals surface area contributed by atoms with Crippen molar-refractivity contribution in [2.24, 2.45) is 0 Å². The quantitative estimate of drug-likeness (QED) is 0.105. The van der Waals surface area contributed by atoms with Crippen LogP contribution in [-0.2, 0) is 54.0 Å². The number of hydrogen-bond acceptors (Lipinski definition) is 12. The average Bonchev–Trinajstić information content (AvgIpc) is 3.39. The lowest BCUT2D eigenvalue weighted by atomic mass is 10.2.